The van der Waals surface area contributed by atoms with Crippen LogP contribution in [0, 0.1) is 0 Å². The summed E-state index contributed by atoms with van der Waals surface area (Å²) >= 11 is 0. The summed E-state index contributed by atoms with van der Waals surface area (Å²) in [6.45, 7) is 0. The van der Waals surface area contributed by atoms with Gasteiger partial charge in [0.25, 0.3) is 0 Å². The molecule has 2 aliphatic rings. The van der Waals surface area contributed by atoms with Gasteiger partial charge in [0.15, 0.2) is 0 Å². The Bertz CT molecular complexity index is 921. The van der Waals surface area contributed by atoms with Crippen molar-refractivity contribution in [1.29, 1.82) is 0 Å². The van der Waals surface area contributed by atoms with Crippen molar-refractivity contribution < 1.29 is 0 Å². The van der Waals surface area contributed by atoms with Gasteiger partial charge in [0, 0.05) is 12.1 Å². The van der Waals surface area contributed by atoms with Crippen LogP contribution >= 0.6 is 0 Å². The van der Waals surface area contributed by atoms with Gasteiger partial charge in [-0.2, -0.15) is 0 Å². The van der Waals surface area contributed by atoms with Crippen molar-refractivity contribution in [2.75, 3.05) is 0 Å². The van der Waals surface area contributed by atoms with Crippen LogP contribution in [-0.2, 0) is 12.8 Å². The normalized spacial score (nSPS) is 21.1. The summed E-state index contributed by atoms with van der Waals surface area (Å²) in [6, 6.07) is 22.7. The minimum absolute atomic E-state index is 0.183. The van der Waals surface area contributed by atoms with Crippen LogP contribution in [0.4, 0.5) is 0 Å². The van der Waals surface area contributed by atoms with Crippen molar-refractivity contribution in [2.45, 2.75) is 50.6 Å². The average molecular weight is 369 g/mol. The maximum absolute atomic E-state index is 6.36. The third-order valence-corrected chi connectivity index (χ3v) is 6.61. The molecular weight excluding hydrogens is 340 g/mol. The Kier molecular flexibility index (Phi) is 4.54. The van der Waals surface area contributed by atoms with Gasteiger partial charge < -0.3 is 11.5 Å². The van der Waals surface area contributed by atoms with E-state index in [4.69, 9.17) is 11.5 Å². The van der Waals surface area contributed by atoms with Gasteiger partial charge >= 0.3 is 0 Å². The molecule has 2 heteroatoms. The minimum atomic E-state index is 0.183. The maximum Gasteiger partial charge on any atom is 0.0297 e. The van der Waals surface area contributed by atoms with Gasteiger partial charge in [-0.15, -0.1) is 0 Å². The van der Waals surface area contributed by atoms with E-state index in [1.54, 1.807) is 0 Å². The second kappa shape index (κ2) is 7.20. The Morgan fingerprint density at radius 3 is 1.43 bits per heavy atom. The predicted molar refractivity (Wildman–Crippen MR) is 117 cm³/mol. The molecule has 28 heavy (non-hydrogen) atoms. The van der Waals surface area contributed by atoms with Crippen molar-refractivity contribution in [2.24, 2.45) is 11.5 Å². The van der Waals surface area contributed by atoms with Crippen LogP contribution < -0.4 is 11.5 Å². The van der Waals surface area contributed by atoms with Gasteiger partial charge in [0.2, 0.25) is 0 Å². The molecule has 0 aliphatic heterocycles. The van der Waals surface area contributed by atoms with E-state index in [1.807, 2.05) is 0 Å². The molecule has 0 aromatic heterocycles. The molecule has 2 atom stereocenters. The van der Waals surface area contributed by atoms with E-state index >= 15 is 0 Å². The zero-order valence-electron chi connectivity index (χ0n) is 16.3. The van der Waals surface area contributed by atoms with Gasteiger partial charge in [-0.3, -0.25) is 0 Å². The van der Waals surface area contributed by atoms with Crippen LogP contribution in [0.1, 0.15) is 60.0 Å². The van der Waals surface area contributed by atoms with Crippen molar-refractivity contribution in [3.63, 3.8) is 0 Å². The van der Waals surface area contributed by atoms with Gasteiger partial charge in [-0.05, 0) is 83.0 Å². The number of rotatable bonds is 2. The zero-order valence-corrected chi connectivity index (χ0v) is 16.3. The zero-order chi connectivity index (χ0) is 19.1. The lowest BCUT2D eigenvalue weighted by Gasteiger charge is -2.25. The summed E-state index contributed by atoms with van der Waals surface area (Å²) < 4.78 is 0. The van der Waals surface area contributed by atoms with Crippen LogP contribution in [-0.4, -0.2) is 0 Å². The third kappa shape index (κ3) is 2.97. The largest absolute Gasteiger partial charge is 0.324 e. The number of hydrogen-bond acceptors (Lipinski definition) is 2. The maximum atomic E-state index is 6.36. The topological polar surface area (TPSA) is 52.0 Å². The Hall–Kier alpha value is -2.42. The Morgan fingerprint density at radius 1 is 0.571 bits per heavy atom. The Morgan fingerprint density at radius 2 is 1.00 bits per heavy atom. The molecular formula is C26H28N2. The molecule has 142 valence electrons. The van der Waals surface area contributed by atoms with Crippen LogP contribution in [0.2, 0.25) is 0 Å². The van der Waals surface area contributed by atoms with Crippen LogP contribution in [0.15, 0.2) is 60.7 Å². The highest BCUT2D eigenvalue weighted by molar-refractivity contribution is 5.75. The summed E-state index contributed by atoms with van der Waals surface area (Å²) in [5.41, 5.74) is 23.5. The fraction of sp³-hybridized carbons (Fsp3) is 0.308. The van der Waals surface area contributed by atoms with Crippen molar-refractivity contribution >= 4 is 0 Å². The molecule has 4 N–H and O–H groups in total. The molecule has 0 saturated carbocycles. The lowest BCUT2D eigenvalue weighted by atomic mass is 9.82. The molecule has 0 amide bonds. The number of benzene rings is 3. The Labute approximate surface area is 167 Å². The molecule has 0 fully saturated rings. The molecule has 2 nitrogen and oxygen atoms in total. The van der Waals surface area contributed by atoms with Crippen LogP contribution in [0.25, 0.3) is 22.3 Å². The first-order chi connectivity index (χ1) is 13.7. The van der Waals surface area contributed by atoms with Gasteiger partial charge in [0.05, 0.1) is 0 Å². The fourth-order valence-corrected chi connectivity index (χ4v) is 5.14. The first kappa shape index (κ1) is 17.7. The molecule has 0 bridgehead atoms. The number of fused-ring (bicyclic) bond motifs is 2. The van der Waals surface area contributed by atoms with Gasteiger partial charge in [-0.1, -0.05) is 60.7 Å². The number of nitrogens with two attached hydrogens (primary N) is 2. The molecule has 0 spiro atoms. The van der Waals surface area contributed by atoms with Crippen molar-refractivity contribution in [1.82, 2.24) is 0 Å². The minimum Gasteiger partial charge on any atom is -0.324 e. The first-order valence-electron chi connectivity index (χ1n) is 10.6. The lowest BCUT2D eigenvalue weighted by Crippen LogP contribution is -2.18. The SMILES string of the molecule is NC1CCCc2c(-c3ccc(-c4cccc5c4CCCC5N)cc3)cccc21. The molecule has 0 heterocycles. The highest BCUT2D eigenvalue weighted by Gasteiger charge is 2.21. The van der Waals surface area contributed by atoms with E-state index in [2.05, 4.69) is 60.7 Å². The molecule has 3 aromatic rings. The van der Waals surface area contributed by atoms with E-state index < -0.39 is 0 Å². The van der Waals surface area contributed by atoms with E-state index in [0.29, 0.717) is 0 Å². The summed E-state index contributed by atoms with van der Waals surface area (Å²) in [7, 11) is 0. The van der Waals surface area contributed by atoms with Crippen LogP contribution in [0.3, 0.4) is 0 Å². The fourth-order valence-electron chi connectivity index (χ4n) is 5.14. The molecule has 5 rings (SSSR count). The number of hydrogen-bond donors (Lipinski definition) is 2. The molecule has 3 aromatic carbocycles. The van der Waals surface area contributed by atoms with E-state index in [0.717, 1.165) is 25.7 Å². The average Bonchev–Trinajstić information content (AvgIpc) is 2.74. The standard InChI is InChI=1S/C26H28N2/c27-25-11-3-7-21-19(5-1-9-23(21)25)17-13-15-18(16-14-17)20-6-2-10-24-22(20)8-4-12-26(24)28/h1-2,5-6,9-10,13-16,25-26H,3-4,7-8,11-12,27-28H2. The summed E-state index contributed by atoms with van der Waals surface area (Å²) in [5, 5.41) is 0. The third-order valence-electron chi connectivity index (χ3n) is 6.61. The molecule has 0 radical (unpaired) electrons. The first-order valence-corrected chi connectivity index (χ1v) is 10.6. The van der Waals surface area contributed by atoms with Crippen LogP contribution in [0.5, 0.6) is 0 Å². The van der Waals surface area contributed by atoms with E-state index in [9.17, 15) is 0 Å². The highest BCUT2D eigenvalue weighted by atomic mass is 14.6. The summed E-state index contributed by atoms with van der Waals surface area (Å²) in [6.07, 6.45) is 6.81. The van der Waals surface area contributed by atoms with Gasteiger partial charge in [0.1, 0.15) is 0 Å². The monoisotopic (exact) mass is 368 g/mol. The lowest BCUT2D eigenvalue weighted by molar-refractivity contribution is 0.571. The van der Waals surface area contributed by atoms with E-state index in [1.165, 1.54) is 57.3 Å². The summed E-state index contributed by atoms with van der Waals surface area (Å²) in [4.78, 5) is 0. The second-order valence-corrected chi connectivity index (χ2v) is 8.32. The smallest absolute Gasteiger partial charge is 0.0297 e. The second-order valence-electron chi connectivity index (χ2n) is 8.32. The van der Waals surface area contributed by atoms with E-state index in [-0.39, 0.29) is 12.1 Å². The Balaban J connectivity index is 1.53. The molecule has 2 aliphatic carbocycles. The molecule has 0 saturated heterocycles. The van der Waals surface area contributed by atoms with Crippen molar-refractivity contribution in [3.8, 4) is 22.3 Å². The highest BCUT2D eigenvalue weighted by Crippen LogP contribution is 2.38. The quantitative estimate of drug-likeness (QED) is 0.610. The van der Waals surface area contributed by atoms with Gasteiger partial charge in [-0.25, -0.2) is 0 Å². The molecule has 2 unspecified atom stereocenters. The predicted octanol–water partition coefficient (Wildman–Crippen LogP) is 5.69. The summed E-state index contributed by atoms with van der Waals surface area (Å²) in [5.74, 6) is 0. The van der Waals surface area contributed by atoms with Crippen molar-refractivity contribution in [3.05, 3.63) is 82.9 Å².